The van der Waals surface area contributed by atoms with E-state index in [-0.39, 0.29) is 23.4 Å². The van der Waals surface area contributed by atoms with Gasteiger partial charge in [-0.2, -0.15) is 0 Å². The van der Waals surface area contributed by atoms with Gasteiger partial charge in [-0.3, -0.25) is 14.6 Å². The maximum atomic E-state index is 12.9. The van der Waals surface area contributed by atoms with E-state index >= 15 is 0 Å². The first-order chi connectivity index (χ1) is 12.4. The summed E-state index contributed by atoms with van der Waals surface area (Å²) in [6.07, 6.45) is 3.04. The molecule has 0 fully saturated rings. The van der Waals surface area contributed by atoms with Gasteiger partial charge in [0.15, 0.2) is 11.6 Å². The minimum atomic E-state index is -0.896. The summed E-state index contributed by atoms with van der Waals surface area (Å²) in [5.74, 6) is -0.0477. The number of hydrogen-bond acceptors (Lipinski definition) is 6. The number of nitrogens with one attached hydrogen (secondary N) is 1. The van der Waals surface area contributed by atoms with Crippen LogP contribution in [-0.4, -0.2) is 35.2 Å². The number of furan rings is 1. The highest BCUT2D eigenvalue weighted by Crippen LogP contribution is 2.28. The summed E-state index contributed by atoms with van der Waals surface area (Å²) in [6.45, 7) is 5.94. The molecule has 0 spiro atoms. The van der Waals surface area contributed by atoms with Crippen LogP contribution in [0.2, 0.25) is 0 Å². The van der Waals surface area contributed by atoms with Crippen molar-refractivity contribution in [2.45, 2.75) is 32.9 Å². The van der Waals surface area contributed by atoms with Gasteiger partial charge in [0.1, 0.15) is 11.2 Å². The molecular weight excluding hydrogens is 334 g/mol. The number of methoxy groups -OCH3 is 1. The quantitative estimate of drug-likeness (QED) is 0.803. The molecule has 1 aliphatic heterocycles. The lowest BCUT2D eigenvalue weighted by Gasteiger charge is -2.21. The lowest BCUT2D eigenvalue weighted by Crippen LogP contribution is -2.41. The molecular formula is C19H21N3O4. The Balaban J connectivity index is 2.10. The first-order valence-corrected chi connectivity index (χ1v) is 8.34. The van der Waals surface area contributed by atoms with Crippen molar-refractivity contribution in [3.63, 3.8) is 0 Å². The van der Waals surface area contributed by atoms with Gasteiger partial charge in [-0.05, 0) is 36.6 Å². The minimum absolute atomic E-state index is 0.00279. The van der Waals surface area contributed by atoms with Crippen molar-refractivity contribution in [2.24, 2.45) is 10.9 Å². The summed E-state index contributed by atoms with van der Waals surface area (Å²) in [5, 5.41) is 2.77. The number of aromatic nitrogens is 1. The van der Waals surface area contributed by atoms with Crippen LogP contribution < -0.4 is 5.32 Å². The number of ketones is 1. The van der Waals surface area contributed by atoms with Crippen LogP contribution in [0.3, 0.4) is 0 Å². The summed E-state index contributed by atoms with van der Waals surface area (Å²) in [5.41, 5.74) is 0.473. The second kappa shape index (κ2) is 6.84. The van der Waals surface area contributed by atoms with Crippen LogP contribution in [0, 0.1) is 5.92 Å². The minimum Gasteiger partial charge on any atom is -0.461 e. The molecule has 0 aromatic carbocycles. The third-order valence-corrected chi connectivity index (χ3v) is 4.63. The molecule has 0 bridgehead atoms. The number of amides is 1. The van der Waals surface area contributed by atoms with E-state index < -0.39 is 5.54 Å². The smallest absolute Gasteiger partial charge is 0.253 e. The maximum absolute atomic E-state index is 12.9. The zero-order valence-electron chi connectivity index (χ0n) is 15.2. The van der Waals surface area contributed by atoms with Gasteiger partial charge in [0.2, 0.25) is 5.78 Å². The zero-order valence-corrected chi connectivity index (χ0v) is 15.2. The first-order valence-electron chi connectivity index (χ1n) is 8.34. The van der Waals surface area contributed by atoms with Gasteiger partial charge in [0.05, 0.1) is 18.4 Å². The molecule has 136 valence electrons. The molecule has 1 unspecified atom stereocenters. The van der Waals surface area contributed by atoms with Crippen molar-refractivity contribution < 1.29 is 18.7 Å². The number of hydrogen-bond donors (Lipinski definition) is 1. The third kappa shape index (κ3) is 3.06. The van der Waals surface area contributed by atoms with E-state index in [1.807, 2.05) is 13.8 Å². The second-order valence-corrected chi connectivity index (χ2v) is 6.70. The molecule has 2 aromatic rings. The fraction of sp³-hybridized carbons (Fsp3) is 0.368. The summed E-state index contributed by atoms with van der Waals surface area (Å²) in [4.78, 5) is 34.2. The molecule has 1 amide bonds. The molecule has 3 rings (SSSR count). The van der Waals surface area contributed by atoms with Crippen LogP contribution in [0.4, 0.5) is 0 Å². The van der Waals surface area contributed by atoms with Crippen LogP contribution in [0.1, 0.15) is 48.1 Å². The zero-order chi connectivity index (χ0) is 18.9. The summed E-state index contributed by atoms with van der Waals surface area (Å²) in [6, 6.07) is 4.92. The number of pyridine rings is 1. The predicted molar refractivity (Wildman–Crippen MR) is 95.0 cm³/mol. The molecule has 7 heteroatoms. The number of nitrogens with zero attached hydrogens (tertiary/aromatic N) is 2. The van der Waals surface area contributed by atoms with Crippen LogP contribution in [-0.2, 0) is 16.1 Å². The highest BCUT2D eigenvalue weighted by atomic mass is 16.5. The van der Waals surface area contributed by atoms with Gasteiger partial charge >= 0.3 is 0 Å². The topological polar surface area (TPSA) is 93.8 Å². The predicted octanol–water partition coefficient (Wildman–Crippen LogP) is 2.34. The maximum Gasteiger partial charge on any atom is 0.253 e. The Morgan fingerprint density at radius 2 is 2.19 bits per heavy atom. The van der Waals surface area contributed by atoms with E-state index in [0.717, 1.165) is 5.56 Å². The van der Waals surface area contributed by atoms with Crippen molar-refractivity contribution >= 4 is 17.5 Å². The van der Waals surface area contributed by atoms with Gasteiger partial charge in [-0.25, -0.2) is 4.99 Å². The van der Waals surface area contributed by atoms with Crippen molar-refractivity contribution in [3.05, 3.63) is 53.2 Å². The number of aliphatic imine (C=N–C) groups is 1. The first kappa shape index (κ1) is 18.0. The Morgan fingerprint density at radius 1 is 1.42 bits per heavy atom. The van der Waals surface area contributed by atoms with E-state index in [1.165, 1.54) is 6.26 Å². The lowest BCUT2D eigenvalue weighted by molar-refractivity contribution is -0.124. The Labute approximate surface area is 151 Å². The van der Waals surface area contributed by atoms with Crippen LogP contribution in [0.15, 0.2) is 40.1 Å². The van der Waals surface area contributed by atoms with E-state index in [4.69, 9.17) is 9.15 Å². The van der Waals surface area contributed by atoms with E-state index in [1.54, 1.807) is 38.4 Å². The molecule has 3 heterocycles. The molecule has 1 atom stereocenters. The normalized spacial score (nSPS) is 19.6. The van der Waals surface area contributed by atoms with Crippen molar-refractivity contribution in [3.8, 4) is 0 Å². The molecule has 0 saturated heterocycles. The monoisotopic (exact) mass is 355 g/mol. The number of carbonyl (C=O) groups excluding carboxylic acids is 2. The Hall–Kier alpha value is -2.80. The summed E-state index contributed by atoms with van der Waals surface area (Å²) < 4.78 is 10.4. The standard InChI is InChI=1S/C19H21N3O4/c1-11(2)19(3)18(24)21-17(22-19)15-13(8-12(9-20-15)10-25-4)16(23)14-6-5-7-26-14/h5-9,11H,10H2,1-4H3,(H,21,22,24). The fourth-order valence-electron chi connectivity index (χ4n) is 2.70. The highest BCUT2D eigenvalue weighted by Gasteiger charge is 2.43. The van der Waals surface area contributed by atoms with E-state index in [9.17, 15) is 9.59 Å². The van der Waals surface area contributed by atoms with Crippen LogP contribution in [0.5, 0.6) is 0 Å². The average molecular weight is 355 g/mol. The van der Waals surface area contributed by atoms with E-state index in [0.29, 0.717) is 23.7 Å². The molecule has 2 aromatic heterocycles. The van der Waals surface area contributed by atoms with Gasteiger partial charge in [0.25, 0.3) is 5.91 Å². The second-order valence-electron chi connectivity index (χ2n) is 6.70. The molecule has 0 radical (unpaired) electrons. The lowest BCUT2D eigenvalue weighted by atomic mass is 9.89. The summed E-state index contributed by atoms with van der Waals surface area (Å²) >= 11 is 0. The van der Waals surface area contributed by atoms with Gasteiger partial charge < -0.3 is 14.5 Å². The highest BCUT2D eigenvalue weighted by molar-refractivity contribution is 6.20. The molecule has 1 N–H and O–H groups in total. The van der Waals surface area contributed by atoms with Crippen LogP contribution >= 0.6 is 0 Å². The third-order valence-electron chi connectivity index (χ3n) is 4.63. The number of amidine groups is 1. The Kier molecular flexibility index (Phi) is 4.73. The molecule has 0 aliphatic carbocycles. The van der Waals surface area contributed by atoms with Crippen molar-refractivity contribution in [1.29, 1.82) is 0 Å². The fourth-order valence-corrected chi connectivity index (χ4v) is 2.70. The average Bonchev–Trinajstić information content (AvgIpc) is 3.24. The largest absolute Gasteiger partial charge is 0.461 e. The van der Waals surface area contributed by atoms with Crippen molar-refractivity contribution in [1.82, 2.24) is 10.3 Å². The Bertz CT molecular complexity index is 871. The number of ether oxygens (including phenoxy) is 1. The van der Waals surface area contributed by atoms with Gasteiger partial charge in [-0.1, -0.05) is 13.8 Å². The molecule has 7 nitrogen and oxygen atoms in total. The summed E-state index contributed by atoms with van der Waals surface area (Å²) in [7, 11) is 1.57. The molecule has 0 saturated carbocycles. The van der Waals surface area contributed by atoms with Crippen LogP contribution in [0.25, 0.3) is 0 Å². The van der Waals surface area contributed by atoms with Gasteiger partial charge in [-0.15, -0.1) is 0 Å². The molecule has 26 heavy (non-hydrogen) atoms. The van der Waals surface area contributed by atoms with Crippen molar-refractivity contribution in [2.75, 3.05) is 7.11 Å². The molecule has 1 aliphatic rings. The number of carbonyl (C=O) groups is 2. The van der Waals surface area contributed by atoms with Gasteiger partial charge in [0, 0.05) is 13.3 Å². The Morgan fingerprint density at radius 3 is 2.77 bits per heavy atom. The van der Waals surface area contributed by atoms with E-state index in [2.05, 4.69) is 15.3 Å². The SMILES string of the molecule is COCc1cnc(C2=NC(C)(C(C)C)C(=O)N2)c(C(=O)c2ccco2)c1. The number of rotatable bonds is 6.